The van der Waals surface area contributed by atoms with Gasteiger partial charge in [0.15, 0.2) is 0 Å². The fraction of sp³-hybridized carbons (Fsp3) is 0.400. The standard InChI is InChI=1S/C15H21N3O/c1-12-5-7-14(8-6-12)19-10-4-3-9-18-13(2)11-15(16)17-18/h5-8,11H,3-4,9-10H2,1-2H3,(H2,16,17). The van der Waals surface area contributed by atoms with Crippen LogP contribution in [0.15, 0.2) is 30.3 Å². The number of ether oxygens (including phenoxy) is 1. The summed E-state index contributed by atoms with van der Waals surface area (Å²) in [6, 6.07) is 10.0. The molecular formula is C15H21N3O. The lowest BCUT2D eigenvalue weighted by molar-refractivity contribution is 0.301. The summed E-state index contributed by atoms with van der Waals surface area (Å²) in [6.45, 7) is 5.72. The number of nitrogen functional groups attached to an aromatic ring is 1. The summed E-state index contributed by atoms with van der Waals surface area (Å²) in [7, 11) is 0. The fourth-order valence-electron chi connectivity index (χ4n) is 1.95. The molecule has 0 amide bonds. The van der Waals surface area contributed by atoms with Crippen LogP contribution in [0.3, 0.4) is 0 Å². The van der Waals surface area contributed by atoms with Crippen LogP contribution in [0.25, 0.3) is 0 Å². The molecule has 102 valence electrons. The number of aryl methyl sites for hydroxylation is 3. The Balaban J connectivity index is 1.67. The third-order valence-corrected chi connectivity index (χ3v) is 3.05. The van der Waals surface area contributed by atoms with E-state index in [-0.39, 0.29) is 0 Å². The molecule has 2 rings (SSSR count). The number of rotatable bonds is 6. The molecule has 0 aliphatic heterocycles. The van der Waals surface area contributed by atoms with Crippen molar-refractivity contribution in [2.45, 2.75) is 33.2 Å². The number of hydrogen-bond acceptors (Lipinski definition) is 3. The summed E-state index contributed by atoms with van der Waals surface area (Å²) in [5.74, 6) is 1.53. The Morgan fingerprint density at radius 3 is 2.53 bits per heavy atom. The van der Waals surface area contributed by atoms with Gasteiger partial charge in [0.25, 0.3) is 0 Å². The molecule has 19 heavy (non-hydrogen) atoms. The molecule has 0 saturated heterocycles. The largest absolute Gasteiger partial charge is 0.494 e. The van der Waals surface area contributed by atoms with E-state index in [1.807, 2.05) is 29.8 Å². The molecule has 0 fully saturated rings. The topological polar surface area (TPSA) is 53.1 Å². The summed E-state index contributed by atoms with van der Waals surface area (Å²) < 4.78 is 7.63. The number of hydrogen-bond donors (Lipinski definition) is 1. The molecule has 0 bridgehead atoms. The average Bonchev–Trinajstić information content (AvgIpc) is 2.70. The molecule has 0 aliphatic rings. The monoisotopic (exact) mass is 259 g/mol. The Bertz CT molecular complexity index is 517. The van der Waals surface area contributed by atoms with Gasteiger partial charge in [-0.3, -0.25) is 4.68 Å². The van der Waals surface area contributed by atoms with Crippen molar-refractivity contribution in [3.63, 3.8) is 0 Å². The van der Waals surface area contributed by atoms with Crippen LogP contribution in [0.5, 0.6) is 5.75 Å². The van der Waals surface area contributed by atoms with E-state index in [1.165, 1.54) is 5.56 Å². The third-order valence-electron chi connectivity index (χ3n) is 3.05. The molecule has 2 N–H and O–H groups in total. The van der Waals surface area contributed by atoms with Crippen molar-refractivity contribution < 1.29 is 4.74 Å². The first-order valence-electron chi connectivity index (χ1n) is 6.64. The van der Waals surface area contributed by atoms with Gasteiger partial charge in [-0.25, -0.2) is 0 Å². The zero-order valence-corrected chi connectivity index (χ0v) is 11.6. The molecule has 0 saturated carbocycles. The summed E-state index contributed by atoms with van der Waals surface area (Å²) in [5.41, 5.74) is 8.00. The molecule has 0 spiro atoms. The predicted molar refractivity (Wildman–Crippen MR) is 77.3 cm³/mol. The van der Waals surface area contributed by atoms with Crippen LogP contribution in [-0.2, 0) is 6.54 Å². The SMILES string of the molecule is Cc1ccc(OCCCCn2nc(N)cc2C)cc1. The van der Waals surface area contributed by atoms with Crippen molar-refractivity contribution in [3.05, 3.63) is 41.6 Å². The fourth-order valence-corrected chi connectivity index (χ4v) is 1.95. The van der Waals surface area contributed by atoms with Crippen molar-refractivity contribution >= 4 is 5.82 Å². The number of anilines is 1. The number of unbranched alkanes of at least 4 members (excludes halogenated alkanes) is 1. The Kier molecular flexibility index (Phi) is 4.44. The Hall–Kier alpha value is -1.97. The third kappa shape index (κ3) is 4.02. The quantitative estimate of drug-likeness (QED) is 0.811. The van der Waals surface area contributed by atoms with Crippen LogP contribution < -0.4 is 10.5 Å². The maximum Gasteiger partial charge on any atom is 0.145 e. The van der Waals surface area contributed by atoms with Gasteiger partial charge in [0.2, 0.25) is 0 Å². The van der Waals surface area contributed by atoms with Crippen LogP contribution in [-0.4, -0.2) is 16.4 Å². The number of aromatic nitrogens is 2. The molecular weight excluding hydrogens is 238 g/mol. The molecule has 2 aromatic rings. The molecule has 1 aromatic carbocycles. The maximum absolute atomic E-state index is 5.68. The highest BCUT2D eigenvalue weighted by Crippen LogP contribution is 2.12. The average molecular weight is 259 g/mol. The minimum absolute atomic E-state index is 0.591. The minimum atomic E-state index is 0.591. The first kappa shape index (κ1) is 13.5. The van der Waals surface area contributed by atoms with Crippen LogP contribution >= 0.6 is 0 Å². The van der Waals surface area contributed by atoms with Crippen LogP contribution in [0, 0.1) is 13.8 Å². The van der Waals surface area contributed by atoms with E-state index in [4.69, 9.17) is 10.5 Å². The molecule has 0 atom stereocenters. The van der Waals surface area contributed by atoms with Gasteiger partial charge >= 0.3 is 0 Å². The lowest BCUT2D eigenvalue weighted by atomic mass is 10.2. The van der Waals surface area contributed by atoms with Crippen molar-refractivity contribution in [2.75, 3.05) is 12.3 Å². The molecule has 0 aliphatic carbocycles. The highest BCUT2D eigenvalue weighted by molar-refractivity contribution is 5.28. The smallest absolute Gasteiger partial charge is 0.145 e. The highest BCUT2D eigenvalue weighted by Gasteiger charge is 2.00. The second-order valence-electron chi connectivity index (χ2n) is 4.80. The zero-order chi connectivity index (χ0) is 13.7. The zero-order valence-electron chi connectivity index (χ0n) is 11.6. The summed E-state index contributed by atoms with van der Waals surface area (Å²) in [5, 5.41) is 4.23. The predicted octanol–water partition coefficient (Wildman–Crippen LogP) is 2.94. The Morgan fingerprint density at radius 2 is 1.89 bits per heavy atom. The lowest BCUT2D eigenvalue weighted by Gasteiger charge is -2.07. The number of nitrogens with two attached hydrogens (primary N) is 1. The first-order valence-corrected chi connectivity index (χ1v) is 6.64. The van der Waals surface area contributed by atoms with Crippen LogP contribution in [0.2, 0.25) is 0 Å². The first-order chi connectivity index (χ1) is 9.15. The second-order valence-corrected chi connectivity index (χ2v) is 4.80. The van der Waals surface area contributed by atoms with Gasteiger partial charge < -0.3 is 10.5 Å². The van der Waals surface area contributed by atoms with Gasteiger partial charge in [0.05, 0.1) is 6.61 Å². The molecule has 0 unspecified atom stereocenters. The number of nitrogens with zero attached hydrogens (tertiary/aromatic N) is 2. The van der Waals surface area contributed by atoms with Gasteiger partial charge in [-0.2, -0.15) is 5.10 Å². The van der Waals surface area contributed by atoms with Crippen LogP contribution in [0.4, 0.5) is 5.82 Å². The van der Waals surface area contributed by atoms with Crippen molar-refractivity contribution in [1.29, 1.82) is 0 Å². The highest BCUT2D eigenvalue weighted by atomic mass is 16.5. The molecule has 1 aromatic heterocycles. The van der Waals surface area contributed by atoms with E-state index in [0.29, 0.717) is 5.82 Å². The number of benzene rings is 1. The summed E-state index contributed by atoms with van der Waals surface area (Å²) in [4.78, 5) is 0. The van der Waals surface area contributed by atoms with E-state index in [0.717, 1.165) is 37.4 Å². The van der Waals surface area contributed by atoms with Crippen LogP contribution in [0.1, 0.15) is 24.1 Å². The van der Waals surface area contributed by atoms with E-state index >= 15 is 0 Å². The van der Waals surface area contributed by atoms with E-state index in [1.54, 1.807) is 0 Å². The lowest BCUT2D eigenvalue weighted by Crippen LogP contribution is -2.05. The minimum Gasteiger partial charge on any atom is -0.494 e. The van der Waals surface area contributed by atoms with Gasteiger partial charge in [0, 0.05) is 18.3 Å². The van der Waals surface area contributed by atoms with Crippen molar-refractivity contribution in [3.8, 4) is 5.75 Å². The van der Waals surface area contributed by atoms with E-state index in [9.17, 15) is 0 Å². The van der Waals surface area contributed by atoms with E-state index < -0.39 is 0 Å². The normalized spacial score (nSPS) is 10.6. The van der Waals surface area contributed by atoms with Crippen molar-refractivity contribution in [2.24, 2.45) is 0 Å². The van der Waals surface area contributed by atoms with Gasteiger partial charge in [-0.05, 0) is 38.8 Å². The molecule has 4 nitrogen and oxygen atoms in total. The van der Waals surface area contributed by atoms with E-state index in [2.05, 4.69) is 24.2 Å². The molecule has 4 heteroatoms. The Labute approximate surface area is 114 Å². The van der Waals surface area contributed by atoms with Gasteiger partial charge in [-0.15, -0.1) is 0 Å². The van der Waals surface area contributed by atoms with Crippen molar-refractivity contribution in [1.82, 2.24) is 9.78 Å². The summed E-state index contributed by atoms with van der Waals surface area (Å²) in [6.07, 6.45) is 2.04. The Morgan fingerprint density at radius 1 is 1.16 bits per heavy atom. The summed E-state index contributed by atoms with van der Waals surface area (Å²) >= 11 is 0. The second kappa shape index (κ2) is 6.27. The maximum atomic E-state index is 5.68. The molecule has 0 radical (unpaired) electrons. The molecule has 1 heterocycles. The van der Waals surface area contributed by atoms with Gasteiger partial charge in [-0.1, -0.05) is 17.7 Å². The van der Waals surface area contributed by atoms with Gasteiger partial charge in [0.1, 0.15) is 11.6 Å².